The summed E-state index contributed by atoms with van der Waals surface area (Å²) in [5.74, 6) is 0. The number of nitrogens with zero attached hydrogens (tertiary/aromatic N) is 1. The molecule has 0 radical (unpaired) electrons. The van der Waals surface area contributed by atoms with E-state index in [-0.39, 0.29) is 0 Å². The van der Waals surface area contributed by atoms with Crippen LogP contribution in [-0.2, 0) is 15.5 Å². The highest BCUT2D eigenvalue weighted by atomic mass is 19.4. The van der Waals surface area contributed by atoms with Crippen molar-refractivity contribution in [2.45, 2.75) is 45.1 Å². The van der Waals surface area contributed by atoms with Gasteiger partial charge in [0.25, 0.3) is 5.56 Å². The fourth-order valence-electron chi connectivity index (χ4n) is 1.82. The Kier molecular flexibility index (Phi) is 3.25. The normalized spacial score (nSPS) is 21.2. The highest BCUT2D eigenvalue weighted by Crippen LogP contribution is 2.37. The Morgan fingerprint density at radius 1 is 1.20 bits per heavy atom. The molecule has 0 saturated carbocycles. The maximum absolute atomic E-state index is 12.9. The Bertz CT molecular complexity index is 567. The summed E-state index contributed by atoms with van der Waals surface area (Å²) < 4.78 is 49.8. The van der Waals surface area contributed by atoms with Gasteiger partial charge in [0.05, 0.1) is 23.0 Å². The van der Waals surface area contributed by atoms with Crippen molar-refractivity contribution in [3.63, 3.8) is 0 Å². The molecule has 1 saturated heterocycles. The minimum Gasteiger partial charge on any atom is -0.399 e. The minimum atomic E-state index is -4.76. The minimum absolute atomic E-state index is 0.654. The Morgan fingerprint density at radius 3 is 2.15 bits per heavy atom. The first kappa shape index (κ1) is 15.1. The summed E-state index contributed by atoms with van der Waals surface area (Å²) in [5.41, 5.74) is -4.56. The van der Waals surface area contributed by atoms with E-state index in [2.05, 4.69) is 9.97 Å². The molecule has 0 aromatic carbocycles. The first-order chi connectivity index (χ1) is 8.96. The zero-order chi connectivity index (χ0) is 15.3. The van der Waals surface area contributed by atoms with E-state index in [0.29, 0.717) is 6.33 Å². The molecule has 9 heteroatoms. The van der Waals surface area contributed by atoms with Gasteiger partial charge in [-0.1, -0.05) is 0 Å². The maximum atomic E-state index is 12.9. The fraction of sp³-hybridized carbons (Fsp3) is 0.636. The molecule has 1 aliphatic heterocycles. The van der Waals surface area contributed by atoms with Crippen LogP contribution in [0.4, 0.5) is 13.2 Å². The van der Waals surface area contributed by atoms with Gasteiger partial charge in [-0.2, -0.15) is 13.2 Å². The average molecular weight is 290 g/mol. The molecule has 0 unspecified atom stereocenters. The molecule has 2 rings (SSSR count). The van der Waals surface area contributed by atoms with Crippen LogP contribution in [0.1, 0.15) is 33.4 Å². The van der Waals surface area contributed by atoms with Crippen LogP contribution < -0.4 is 11.0 Å². The molecule has 0 bridgehead atoms. The summed E-state index contributed by atoms with van der Waals surface area (Å²) in [4.78, 5) is 17.1. The SMILES string of the molecule is CC1(C)OB(c2c(C(F)(F)F)nc[nH]c2=O)OC1(C)C. The predicted octanol–water partition coefficient (Wildman–Crippen LogP) is 1.09. The number of aromatic nitrogens is 2. The summed E-state index contributed by atoms with van der Waals surface area (Å²) in [5, 5.41) is 0. The molecule has 5 nitrogen and oxygen atoms in total. The molecule has 1 N–H and O–H groups in total. The van der Waals surface area contributed by atoms with E-state index in [1.165, 1.54) is 0 Å². The Morgan fingerprint density at radius 2 is 1.70 bits per heavy atom. The van der Waals surface area contributed by atoms with E-state index < -0.39 is 41.2 Å². The van der Waals surface area contributed by atoms with Gasteiger partial charge in [-0.05, 0) is 27.7 Å². The van der Waals surface area contributed by atoms with Crippen LogP contribution in [0.5, 0.6) is 0 Å². The van der Waals surface area contributed by atoms with Gasteiger partial charge in [0, 0.05) is 0 Å². The van der Waals surface area contributed by atoms with Gasteiger partial charge in [-0.3, -0.25) is 4.79 Å². The van der Waals surface area contributed by atoms with Gasteiger partial charge in [-0.25, -0.2) is 4.98 Å². The van der Waals surface area contributed by atoms with Crippen molar-refractivity contribution in [3.05, 3.63) is 22.4 Å². The van der Waals surface area contributed by atoms with Crippen LogP contribution in [0.3, 0.4) is 0 Å². The van der Waals surface area contributed by atoms with Gasteiger partial charge in [0.15, 0.2) is 5.69 Å². The van der Waals surface area contributed by atoms with Crippen molar-refractivity contribution >= 4 is 12.6 Å². The quantitative estimate of drug-likeness (QED) is 0.786. The van der Waals surface area contributed by atoms with E-state index in [0.717, 1.165) is 0 Å². The zero-order valence-corrected chi connectivity index (χ0v) is 11.5. The van der Waals surface area contributed by atoms with E-state index in [1.54, 1.807) is 27.7 Å². The van der Waals surface area contributed by atoms with E-state index in [1.807, 2.05) is 0 Å². The molecule has 1 fully saturated rings. The lowest BCUT2D eigenvalue weighted by molar-refractivity contribution is -0.140. The topological polar surface area (TPSA) is 64.2 Å². The van der Waals surface area contributed by atoms with Gasteiger partial charge >= 0.3 is 13.3 Å². The van der Waals surface area contributed by atoms with E-state index >= 15 is 0 Å². The standard InChI is InChI=1S/C11H14BF3N2O3/c1-9(2)10(3,4)20-12(19-9)6-7(11(13,14)15)16-5-17-8(6)18/h5H,1-4H3,(H,16,17,18). The van der Waals surface area contributed by atoms with Crippen LogP contribution in [0, 0.1) is 0 Å². The third-order valence-corrected chi connectivity index (χ3v) is 3.65. The lowest BCUT2D eigenvalue weighted by Gasteiger charge is -2.32. The molecule has 0 aliphatic carbocycles. The van der Waals surface area contributed by atoms with Crippen molar-refractivity contribution in [2.75, 3.05) is 0 Å². The number of alkyl halides is 3. The van der Waals surface area contributed by atoms with Crippen LogP contribution in [0.25, 0.3) is 0 Å². The lowest BCUT2D eigenvalue weighted by atomic mass is 9.78. The van der Waals surface area contributed by atoms with Crippen molar-refractivity contribution in [1.29, 1.82) is 0 Å². The largest absolute Gasteiger partial charge is 0.502 e. The number of rotatable bonds is 1. The summed E-state index contributed by atoms with van der Waals surface area (Å²) in [6, 6.07) is 0. The Labute approximate surface area is 113 Å². The summed E-state index contributed by atoms with van der Waals surface area (Å²) in [6.45, 7) is 6.74. The average Bonchev–Trinajstić information content (AvgIpc) is 2.46. The molecule has 0 amide bonds. The lowest BCUT2D eigenvalue weighted by Crippen LogP contribution is -2.49. The molecular formula is C11H14BF3N2O3. The molecule has 2 heterocycles. The van der Waals surface area contributed by atoms with Gasteiger partial charge in [0.1, 0.15) is 0 Å². The van der Waals surface area contributed by atoms with E-state index in [4.69, 9.17) is 9.31 Å². The van der Waals surface area contributed by atoms with Crippen molar-refractivity contribution in [3.8, 4) is 0 Å². The van der Waals surface area contributed by atoms with Crippen LogP contribution in [0.15, 0.2) is 11.1 Å². The van der Waals surface area contributed by atoms with Gasteiger partial charge in [-0.15, -0.1) is 0 Å². The number of aromatic amines is 1. The second-order valence-electron chi connectivity index (χ2n) is 5.58. The van der Waals surface area contributed by atoms with Crippen LogP contribution in [-0.4, -0.2) is 28.3 Å². The molecule has 0 atom stereocenters. The van der Waals surface area contributed by atoms with Crippen molar-refractivity contribution in [1.82, 2.24) is 9.97 Å². The first-order valence-corrected chi connectivity index (χ1v) is 5.96. The molecule has 1 aromatic heterocycles. The molecule has 1 aromatic rings. The summed E-state index contributed by atoms with van der Waals surface area (Å²) >= 11 is 0. The molecular weight excluding hydrogens is 276 g/mol. The Balaban J connectivity index is 2.53. The zero-order valence-electron chi connectivity index (χ0n) is 11.5. The monoisotopic (exact) mass is 290 g/mol. The fourth-order valence-corrected chi connectivity index (χ4v) is 1.82. The third kappa shape index (κ3) is 2.35. The highest BCUT2D eigenvalue weighted by molar-refractivity contribution is 6.62. The maximum Gasteiger partial charge on any atom is 0.502 e. The summed E-state index contributed by atoms with van der Waals surface area (Å²) in [6.07, 6.45) is -4.05. The van der Waals surface area contributed by atoms with Crippen molar-refractivity contribution < 1.29 is 22.5 Å². The molecule has 20 heavy (non-hydrogen) atoms. The molecule has 1 aliphatic rings. The second kappa shape index (κ2) is 4.32. The number of nitrogens with one attached hydrogen (secondary N) is 1. The molecule has 110 valence electrons. The molecule has 0 spiro atoms. The van der Waals surface area contributed by atoms with Gasteiger partial charge in [0.2, 0.25) is 0 Å². The smallest absolute Gasteiger partial charge is 0.399 e. The number of hydrogen-bond acceptors (Lipinski definition) is 4. The highest BCUT2D eigenvalue weighted by Gasteiger charge is 2.55. The Hall–Kier alpha value is -1.35. The predicted molar refractivity (Wildman–Crippen MR) is 65.6 cm³/mol. The van der Waals surface area contributed by atoms with Crippen LogP contribution >= 0.6 is 0 Å². The number of H-pyrrole nitrogens is 1. The number of halogens is 3. The van der Waals surface area contributed by atoms with E-state index in [9.17, 15) is 18.0 Å². The van der Waals surface area contributed by atoms with Crippen molar-refractivity contribution in [2.24, 2.45) is 0 Å². The van der Waals surface area contributed by atoms with Crippen LogP contribution in [0.2, 0.25) is 0 Å². The van der Waals surface area contributed by atoms with Gasteiger partial charge < -0.3 is 14.3 Å². The summed E-state index contributed by atoms with van der Waals surface area (Å²) in [7, 11) is -1.41. The third-order valence-electron chi connectivity index (χ3n) is 3.65. The number of hydrogen-bond donors (Lipinski definition) is 1. The first-order valence-electron chi connectivity index (χ1n) is 5.96. The second-order valence-corrected chi connectivity index (χ2v) is 5.58.